The van der Waals surface area contributed by atoms with Crippen molar-refractivity contribution >= 4 is 28.1 Å². The van der Waals surface area contributed by atoms with Gasteiger partial charge in [0.1, 0.15) is 12.3 Å². The number of hydrogen-bond donors (Lipinski definition) is 3. The van der Waals surface area contributed by atoms with E-state index in [0.717, 1.165) is 21.3 Å². The van der Waals surface area contributed by atoms with Crippen molar-refractivity contribution in [3.8, 4) is 5.75 Å². The summed E-state index contributed by atoms with van der Waals surface area (Å²) >= 11 is 3.24. The Hall–Kier alpha value is -2.68. The molecule has 1 aromatic carbocycles. The Kier molecular flexibility index (Phi) is 4.89. The molecule has 3 N–H and O–H groups in total. The van der Waals surface area contributed by atoms with Crippen molar-refractivity contribution in [2.24, 2.45) is 5.10 Å². The van der Waals surface area contributed by atoms with Gasteiger partial charge in [0, 0.05) is 22.2 Å². The van der Waals surface area contributed by atoms with Crippen molar-refractivity contribution in [2.75, 3.05) is 0 Å². The maximum atomic E-state index is 11.6. The molecule has 22 heavy (non-hydrogen) atoms. The highest BCUT2D eigenvalue weighted by Crippen LogP contribution is 2.19. The number of nitrogens with zero attached hydrogens (tertiary/aromatic N) is 2. The van der Waals surface area contributed by atoms with Crippen molar-refractivity contribution in [3.05, 3.63) is 61.1 Å². The molecule has 0 unspecified atom stereocenters. The Morgan fingerprint density at radius 2 is 2.14 bits per heavy atom. The van der Waals surface area contributed by atoms with Gasteiger partial charge in [-0.2, -0.15) is 5.10 Å². The molecule has 2 aromatic rings. The van der Waals surface area contributed by atoms with Gasteiger partial charge in [0.15, 0.2) is 0 Å². The first-order valence-electron chi connectivity index (χ1n) is 6.06. The molecule has 9 heteroatoms. The van der Waals surface area contributed by atoms with E-state index < -0.39 is 17.0 Å². The van der Waals surface area contributed by atoms with E-state index in [1.54, 1.807) is 12.1 Å². The zero-order chi connectivity index (χ0) is 16.1. The molecule has 0 aliphatic heterocycles. The first-order valence-corrected chi connectivity index (χ1v) is 6.85. The number of benzene rings is 1. The van der Waals surface area contributed by atoms with Crippen LogP contribution in [0.3, 0.4) is 0 Å². The molecule has 0 saturated heterocycles. The zero-order valence-corrected chi connectivity index (χ0v) is 12.7. The van der Waals surface area contributed by atoms with Crippen LogP contribution in [0, 0.1) is 0 Å². The summed E-state index contributed by atoms with van der Waals surface area (Å²) in [6, 6.07) is 6.88. The minimum atomic E-state index is -0.602. The summed E-state index contributed by atoms with van der Waals surface area (Å²) in [7, 11) is 0. The minimum Gasteiger partial charge on any atom is -0.507 e. The molecule has 2 rings (SSSR count). The maximum absolute atomic E-state index is 11.6. The van der Waals surface area contributed by atoms with Crippen molar-refractivity contribution in [2.45, 2.75) is 6.54 Å². The molecule has 0 bridgehead atoms. The maximum Gasteiger partial charge on any atom is 0.265 e. The van der Waals surface area contributed by atoms with Gasteiger partial charge in [0.05, 0.1) is 6.21 Å². The SMILES string of the molecule is O=C(Cn1[nH]c(=O)ccc1=O)NN=Cc1cc(Br)ccc1O. The fourth-order valence-electron chi connectivity index (χ4n) is 1.56. The normalized spacial score (nSPS) is 10.8. The fraction of sp³-hybridized carbons (Fsp3) is 0.0769. The predicted molar refractivity (Wildman–Crippen MR) is 82.9 cm³/mol. The minimum absolute atomic E-state index is 0.00445. The largest absolute Gasteiger partial charge is 0.507 e. The van der Waals surface area contributed by atoms with Crippen LogP contribution in [0.2, 0.25) is 0 Å². The first kappa shape index (κ1) is 15.7. The number of aromatic amines is 1. The van der Waals surface area contributed by atoms with E-state index in [1.807, 2.05) is 0 Å². The lowest BCUT2D eigenvalue weighted by atomic mass is 10.2. The van der Waals surface area contributed by atoms with Crippen LogP contribution in [-0.4, -0.2) is 27.0 Å². The molecule has 8 nitrogen and oxygen atoms in total. The smallest absolute Gasteiger partial charge is 0.265 e. The highest BCUT2D eigenvalue weighted by atomic mass is 79.9. The summed E-state index contributed by atoms with van der Waals surface area (Å²) in [4.78, 5) is 34.1. The third-order valence-electron chi connectivity index (χ3n) is 2.57. The molecule has 1 aromatic heterocycles. The van der Waals surface area contributed by atoms with Crippen molar-refractivity contribution in [1.29, 1.82) is 0 Å². The Bertz CT molecular complexity index is 840. The van der Waals surface area contributed by atoms with Crippen LogP contribution in [-0.2, 0) is 11.3 Å². The second kappa shape index (κ2) is 6.85. The fourth-order valence-corrected chi connectivity index (χ4v) is 1.94. The average molecular weight is 367 g/mol. The molecule has 0 radical (unpaired) electrons. The molecule has 0 aliphatic carbocycles. The number of phenols is 1. The van der Waals surface area contributed by atoms with E-state index >= 15 is 0 Å². The van der Waals surface area contributed by atoms with E-state index in [4.69, 9.17) is 0 Å². The number of nitrogens with one attached hydrogen (secondary N) is 2. The summed E-state index contributed by atoms with van der Waals surface area (Å²) in [5.41, 5.74) is 1.60. The van der Waals surface area contributed by atoms with Crippen LogP contribution in [0.25, 0.3) is 0 Å². The van der Waals surface area contributed by atoms with Crippen LogP contribution < -0.4 is 16.5 Å². The third kappa shape index (κ3) is 4.16. The van der Waals surface area contributed by atoms with Gasteiger partial charge in [0.25, 0.3) is 17.0 Å². The van der Waals surface area contributed by atoms with E-state index in [1.165, 1.54) is 12.3 Å². The first-order chi connectivity index (χ1) is 10.5. The average Bonchev–Trinajstić information content (AvgIpc) is 2.46. The van der Waals surface area contributed by atoms with Gasteiger partial charge < -0.3 is 5.11 Å². The lowest BCUT2D eigenvalue weighted by Crippen LogP contribution is -2.34. The van der Waals surface area contributed by atoms with Crippen LogP contribution >= 0.6 is 15.9 Å². The zero-order valence-electron chi connectivity index (χ0n) is 11.1. The van der Waals surface area contributed by atoms with Crippen LogP contribution in [0.4, 0.5) is 0 Å². The van der Waals surface area contributed by atoms with E-state index in [-0.39, 0.29) is 12.3 Å². The van der Waals surface area contributed by atoms with Crippen molar-refractivity contribution < 1.29 is 9.90 Å². The highest BCUT2D eigenvalue weighted by molar-refractivity contribution is 9.10. The van der Waals surface area contributed by atoms with Gasteiger partial charge in [-0.15, -0.1) is 0 Å². The van der Waals surface area contributed by atoms with Crippen LogP contribution in [0.5, 0.6) is 5.75 Å². The van der Waals surface area contributed by atoms with Gasteiger partial charge >= 0.3 is 0 Å². The second-order valence-corrected chi connectivity index (χ2v) is 5.15. The summed E-state index contributed by atoms with van der Waals surface area (Å²) in [5, 5.41) is 15.5. The van der Waals surface area contributed by atoms with Crippen molar-refractivity contribution in [3.63, 3.8) is 0 Å². The van der Waals surface area contributed by atoms with E-state index in [0.29, 0.717) is 5.56 Å². The van der Waals surface area contributed by atoms with Gasteiger partial charge in [0.2, 0.25) is 0 Å². The number of phenolic OH excluding ortho intramolecular Hbond substituents is 1. The quantitative estimate of drug-likeness (QED) is 0.527. The molecule has 1 heterocycles. The van der Waals surface area contributed by atoms with Gasteiger partial charge in [-0.25, -0.2) is 10.1 Å². The number of aromatic hydroxyl groups is 1. The topological polar surface area (TPSA) is 117 Å². The number of carbonyl (C=O) groups is 1. The molecule has 0 spiro atoms. The Balaban J connectivity index is 2.02. The van der Waals surface area contributed by atoms with Gasteiger partial charge in [-0.3, -0.25) is 19.5 Å². The number of carbonyl (C=O) groups excluding carboxylic acids is 1. The van der Waals surface area contributed by atoms with Gasteiger partial charge in [-0.05, 0) is 18.2 Å². The monoisotopic (exact) mass is 366 g/mol. The lowest BCUT2D eigenvalue weighted by Gasteiger charge is -2.03. The number of hydrogen-bond acceptors (Lipinski definition) is 5. The Morgan fingerprint density at radius 3 is 2.91 bits per heavy atom. The van der Waals surface area contributed by atoms with Crippen LogP contribution in [0.1, 0.15) is 5.56 Å². The standard InChI is InChI=1S/C13H11BrN4O4/c14-9-1-2-10(19)8(5-9)6-15-16-12(21)7-18-13(22)4-3-11(20)17-18/h1-6,19H,7H2,(H,16,21)(H,17,20). The number of hydrazone groups is 1. The van der Waals surface area contributed by atoms with Gasteiger partial charge in [-0.1, -0.05) is 15.9 Å². The Labute approximate surface area is 132 Å². The van der Waals surface area contributed by atoms with E-state index in [2.05, 4.69) is 31.6 Å². The number of aromatic nitrogens is 2. The summed E-state index contributed by atoms with van der Waals surface area (Å²) in [5.74, 6) is -0.598. The third-order valence-corrected chi connectivity index (χ3v) is 3.07. The second-order valence-electron chi connectivity index (χ2n) is 4.23. The van der Waals surface area contributed by atoms with E-state index in [9.17, 15) is 19.5 Å². The summed E-state index contributed by atoms with van der Waals surface area (Å²) in [6.07, 6.45) is 1.26. The molecule has 0 atom stereocenters. The Morgan fingerprint density at radius 1 is 1.36 bits per heavy atom. The number of halogens is 1. The predicted octanol–water partition coefficient (Wildman–Crippen LogP) is 0.155. The molecular weight excluding hydrogens is 356 g/mol. The number of H-pyrrole nitrogens is 1. The molecule has 114 valence electrons. The van der Waals surface area contributed by atoms with Crippen molar-refractivity contribution in [1.82, 2.24) is 15.2 Å². The summed E-state index contributed by atoms with van der Waals surface area (Å²) in [6.45, 7) is -0.378. The number of amides is 1. The highest BCUT2D eigenvalue weighted by Gasteiger charge is 2.04. The molecule has 1 amide bonds. The molecular formula is C13H11BrN4O4. The number of rotatable bonds is 4. The van der Waals surface area contributed by atoms with Crippen LogP contribution in [0.15, 0.2) is 49.5 Å². The lowest BCUT2D eigenvalue weighted by molar-refractivity contribution is -0.121. The molecule has 0 aliphatic rings. The molecule has 0 fully saturated rings. The molecule has 0 saturated carbocycles. The summed E-state index contributed by atoms with van der Waals surface area (Å²) < 4.78 is 1.61.